The van der Waals surface area contributed by atoms with E-state index < -0.39 is 11.7 Å². The van der Waals surface area contributed by atoms with Gasteiger partial charge in [-0.05, 0) is 64.2 Å². The van der Waals surface area contributed by atoms with Crippen LogP contribution in [0.3, 0.4) is 0 Å². The lowest BCUT2D eigenvalue weighted by atomic mass is 9.98. The van der Waals surface area contributed by atoms with E-state index in [1.54, 1.807) is 31.3 Å². The Labute approximate surface area is 247 Å². The molecule has 0 saturated heterocycles. The summed E-state index contributed by atoms with van der Waals surface area (Å²) in [6.07, 6.45) is -1.03. The van der Waals surface area contributed by atoms with Gasteiger partial charge in [0.15, 0.2) is 0 Å². The number of pyridine rings is 1. The molecule has 11 heteroatoms. The normalized spacial score (nSPS) is 11.9. The predicted octanol–water partition coefficient (Wildman–Crippen LogP) is 5.87. The maximum absolute atomic E-state index is 13.7. The summed E-state index contributed by atoms with van der Waals surface area (Å²) in [7, 11) is 7.05. The Kier molecular flexibility index (Phi) is 12.9. The number of methoxy groups -OCH3 is 1. The summed E-state index contributed by atoms with van der Waals surface area (Å²) in [5.41, 5.74) is 1.03. The zero-order chi connectivity index (χ0) is 31.4. The van der Waals surface area contributed by atoms with E-state index in [2.05, 4.69) is 50.9 Å². The van der Waals surface area contributed by atoms with Gasteiger partial charge in [0, 0.05) is 48.6 Å². The number of halogens is 3. The summed E-state index contributed by atoms with van der Waals surface area (Å²) in [4.78, 5) is 18.2. The molecule has 1 aromatic heterocycles. The van der Waals surface area contributed by atoms with Crippen LogP contribution in [-0.4, -0.2) is 75.9 Å². The van der Waals surface area contributed by atoms with Gasteiger partial charge < -0.3 is 30.9 Å². The number of carbonyl (C=O) groups is 1. The lowest BCUT2D eigenvalue weighted by molar-refractivity contribution is -0.0689. The van der Waals surface area contributed by atoms with E-state index >= 15 is 0 Å². The molecule has 2 rings (SSSR count). The van der Waals surface area contributed by atoms with Gasteiger partial charge in [-0.1, -0.05) is 32.7 Å². The first-order valence-electron chi connectivity index (χ1n) is 13.8. The number of benzene rings is 1. The van der Waals surface area contributed by atoms with E-state index in [0.717, 1.165) is 19.4 Å². The fourth-order valence-corrected chi connectivity index (χ4v) is 4.23. The van der Waals surface area contributed by atoms with Crippen LogP contribution in [0, 0.1) is 0 Å². The second-order valence-electron chi connectivity index (χ2n) is 10.0. The second-order valence-corrected chi connectivity index (χ2v) is 10.0. The topological polar surface area (TPSA) is 90.5 Å². The summed E-state index contributed by atoms with van der Waals surface area (Å²) < 4.78 is 46.6. The number of carbonyl (C=O) groups excluding carboxylic acids is 1. The first-order valence-corrected chi connectivity index (χ1v) is 13.8. The van der Waals surface area contributed by atoms with Gasteiger partial charge in [0.25, 0.3) is 5.91 Å². The zero-order valence-corrected chi connectivity index (χ0v) is 25.2. The average Bonchev–Trinajstić information content (AvgIpc) is 2.96. The van der Waals surface area contributed by atoms with Crippen LogP contribution < -0.4 is 26.0 Å². The minimum absolute atomic E-state index is 0.0879. The number of nitrogens with zero attached hydrogens (tertiary/aromatic N) is 2. The highest BCUT2D eigenvalue weighted by Crippen LogP contribution is 2.36. The van der Waals surface area contributed by atoms with Crippen molar-refractivity contribution in [1.82, 2.24) is 20.5 Å². The van der Waals surface area contributed by atoms with Gasteiger partial charge in [0.05, 0.1) is 24.1 Å². The number of aromatic nitrogens is 1. The van der Waals surface area contributed by atoms with Crippen molar-refractivity contribution in [2.75, 3.05) is 58.5 Å². The smallest absolute Gasteiger partial charge is 0.417 e. The number of ether oxygens (including phenoxy) is 1. The number of allylic oxidation sites excluding steroid dienone is 1. The van der Waals surface area contributed by atoms with Crippen molar-refractivity contribution in [3.8, 4) is 5.75 Å². The molecule has 0 radical (unpaired) electrons. The molecular formula is C31H43F3N6O2. The molecule has 1 amide bonds. The average molecular weight is 589 g/mol. The van der Waals surface area contributed by atoms with Crippen molar-refractivity contribution < 1.29 is 22.7 Å². The first-order chi connectivity index (χ1) is 19.9. The Morgan fingerprint density at radius 3 is 2.43 bits per heavy atom. The van der Waals surface area contributed by atoms with Gasteiger partial charge in [-0.2, -0.15) is 13.2 Å². The lowest BCUT2D eigenvalue weighted by Crippen LogP contribution is -2.31. The summed E-state index contributed by atoms with van der Waals surface area (Å²) >= 11 is 0. The Balaban J connectivity index is 2.22. The van der Waals surface area contributed by atoms with E-state index in [1.165, 1.54) is 13.2 Å². The summed E-state index contributed by atoms with van der Waals surface area (Å²) in [6.45, 7) is 15.0. The Morgan fingerprint density at radius 2 is 1.86 bits per heavy atom. The molecule has 0 aliphatic carbocycles. The van der Waals surface area contributed by atoms with E-state index in [9.17, 15) is 18.0 Å². The third-order valence-corrected chi connectivity index (χ3v) is 6.68. The van der Waals surface area contributed by atoms with Crippen molar-refractivity contribution >= 4 is 34.8 Å². The van der Waals surface area contributed by atoms with Gasteiger partial charge >= 0.3 is 6.18 Å². The number of amides is 1. The van der Waals surface area contributed by atoms with Gasteiger partial charge in [0.1, 0.15) is 11.6 Å². The highest BCUT2D eigenvalue weighted by atomic mass is 19.4. The fourth-order valence-electron chi connectivity index (χ4n) is 4.23. The van der Waals surface area contributed by atoms with Crippen LogP contribution in [0.4, 0.5) is 24.7 Å². The molecule has 0 spiro atoms. The summed E-state index contributed by atoms with van der Waals surface area (Å²) in [5.74, 6) is 0.572. The molecule has 8 nitrogen and oxygen atoms in total. The van der Waals surface area contributed by atoms with Crippen LogP contribution in [0.2, 0.25) is 0 Å². The lowest BCUT2D eigenvalue weighted by Gasteiger charge is -2.24. The molecule has 0 aliphatic rings. The molecule has 2 aromatic rings. The van der Waals surface area contributed by atoms with Crippen molar-refractivity contribution in [1.29, 1.82) is 0 Å². The molecule has 42 heavy (non-hydrogen) atoms. The molecule has 0 bridgehead atoms. The van der Waals surface area contributed by atoms with Gasteiger partial charge in [-0.15, -0.1) is 0 Å². The largest absolute Gasteiger partial charge is 0.495 e. The number of alkyl halides is 3. The molecule has 1 heterocycles. The molecular weight excluding hydrogens is 545 g/mol. The van der Waals surface area contributed by atoms with E-state index in [1.807, 2.05) is 21.0 Å². The van der Waals surface area contributed by atoms with Crippen LogP contribution >= 0.6 is 0 Å². The number of anilines is 2. The van der Waals surface area contributed by atoms with Crippen molar-refractivity contribution in [3.63, 3.8) is 0 Å². The van der Waals surface area contributed by atoms with Gasteiger partial charge in [-0.25, -0.2) is 4.98 Å². The summed E-state index contributed by atoms with van der Waals surface area (Å²) in [6, 6.07) is 6.87. The number of nitrogens with one attached hydrogen (secondary N) is 4. The minimum atomic E-state index is -4.66. The molecule has 0 aliphatic heterocycles. The third-order valence-electron chi connectivity index (χ3n) is 6.68. The van der Waals surface area contributed by atoms with Gasteiger partial charge in [-0.3, -0.25) is 4.79 Å². The minimum Gasteiger partial charge on any atom is -0.495 e. The summed E-state index contributed by atoms with van der Waals surface area (Å²) in [5, 5.41) is 12.4. The Bertz CT molecular complexity index is 1260. The van der Waals surface area contributed by atoms with E-state index in [4.69, 9.17) is 4.74 Å². The van der Waals surface area contributed by atoms with Crippen LogP contribution in [0.5, 0.6) is 5.75 Å². The fraction of sp³-hybridized carbons (Fsp3) is 0.419. The number of rotatable bonds is 17. The highest BCUT2D eigenvalue weighted by Gasteiger charge is 2.36. The van der Waals surface area contributed by atoms with E-state index in [0.29, 0.717) is 47.8 Å². The standard InChI is InChI=1S/C31H43F3N6O2/c1-9-23(14-17-40(6)7)38-21(4)25-19-28(39-29(24(25)10-2)20(3)31(32,33)34)37-16-11-15-36-26-13-12-22(30(41)35-5)18-27(26)42-8/h10,12-13,18-19,23,36,38H,2-4,9,11,14-17H2,1,5-8H3,(H,35,41)(H,37,39). The Morgan fingerprint density at radius 1 is 1.17 bits per heavy atom. The van der Waals surface area contributed by atoms with Crippen LogP contribution in [0.15, 0.2) is 44.0 Å². The third kappa shape index (κ3) is 9.54. The molecule has 4 N–H and O–H groups in total. The van der Waals surface area contributed by atoms with Crippen LogP contribution in [0.1, 0.15) is 53.4 Å². The zero-order valence-electron chi connectivity index (χ0n) is 25.2. The predicted molar refractivity (Wildman–Crippen MR) is 167 cm³/mol. The number of hydrogen-bond donors (Lipinski definition) is 4. The van der Waals surface area contributed by atoms with Crippen molar-refractivity contribution in [2.45, 2.75) is 38.4 Å². The van der Waals surface area contributed by atoms with Crippen LogP contribution in [-0.2, 0) is 0 Å². The van der Waals surface area contributed by atoms with Gasteiger partial charge in [0.2, 0.25) is 0 Å². The van der Waals surface area contributed by atoms with Crippen LogP contribution in [0.25, 0.3) is 17.3 Å². The monoisotopic (exact) mass is 588 g/mol. The highest BCUT2D eigenvalue weighted by molar-refractivity contribution is 5.95. The molecule has 1 atom stereocenters. The molecule has 1 aromatic carbocycles. The SMILES string of the molecule is C=Cc1c(C(=C)NC(CC)CCN(C)C)cc(NCCCNc2ccc(C(=O)NC)cc2OC)nc1C(=C)C(F)(F)F. The molecule has 0 saturated carbocycles. The molecule has 1 unspecified atom stereocenters. The molecule has 0 fully saturated rings. The quantitative estimate of drug-likeness (QED) is 0.172. The van der Waals surface area contributed by atoms with E-state index in [-0.39, 0.29) is 29.0 Å². The maximum atomic E-state index is 13.7. The Hall–Kier alpha value is -3.99. The second kappa shape index (κ2) is 15.9. The molecule has 230 valence electrons. The number of hydrogen-bond acceptors (Lipinski definition) is 7. The maximum Gasteiger partial charge on any atom is 0.417 e. The van der Waals surface area contributed by atoms with Crippen molar-refractivity contribution in [3.05, 3.63) is 66.4 Å². The van der Waals surface area contributed by atoms with Crippen molar-refractivity contribution in [2.24, 2.45) is 0 Å². The first kappa shape index (κ1) is 34.2.